The summed E-state index contributed by atoms with van der Waals surface area (Å²) in [5.74, 6) is -0.389. The van der Waals surface area contributed by atoms with Gasteiger partial charge in [0, 0.05) is 19.6 Å². The maximum absolute atomic E-state index is 12.4. The maximum Gasteiger partial charge on any atom is 0.248 e. The highest BCUT2D eigenvalue weighted by Crippen LogP contribution is 2.17. The standard InChI is InChI=1S/C22H26N2O4S2/c1-3-28-15-14-24-19-7-4-5-8-20(19)29-22(24)23-21(25)9-6-16-30(26,27)18-12-10-17(2)11-13-18/h4-5,7-8,10-13H,3,6,9,14-16H2,1-2H3. The molecule has 0 fully saturated rings. The smallest absolute Gasteiger partial charge is 0.248 e. The molecule has 30 heavy (non-hydrogen) atoms. The number of benzene rings is 2. The van der Waals surface area contributed by atoms with Crippen molar-refractivity contribution in [2.45, 2.75) is 38.1 Å². The van der Waals surface area contributed by atoms with Crippen molar-refractivity contribution in [3.63, 3.8) is 0 Å². The molecule has 6 nitrogen and oxygen atoms in total. The average Bonchev–Trinajstić information content (AvgIpc) is 3.05. The zero-order valence-electron chi connectivity index (χ0n) is 17.2. The molecule has 0 atom stereocenters. The number of aryl methyl sites for hydroxylation is 1. The largest absolute Gasteiger partial charge is 0.380 e. The molecule has 0 unspecified atom stereocenters. The van der Waals surface area contributed by atoms with Crippen molar-refractivity contribution < 1.29 is 17.9 Å². The van der Waals surface area contributed by atoms with Gasteiger partial charge in [0.1, 0.15) is 0 Å². The second-order valence-electron chi connectivity index (χ2n) is 6.94. The number of amides is 1. The van der Waals surface area contributed by atoms with Gasteiger partial charge in [-0.15, -0.1) is 0 Å². The molecule has 0 radical (unpaired) electrons. The van der Waals surface area contributed by atoms with Gasteiger partial charge in [0.05, 0.1) is 27.5 Å². The summed E-state index contributed by atoms with van der Waals surface area (Å²) in [6.45, 7) is 5.61. The number of aromatic nitrogens is 1. The lowest BCUT2D eigenvalue weighted by Gasteiger charge is -2.05. The summed E-state index contributed by atoms with van der Waals surface area (Å²) in [5.41, 5.74) is 2.01. The third kappa shape index (κ3) is 5.65. The summed E-state index contributed by atoms with van der Waals surface area (Å²) in [6, 6.07) is 14.7. The molecule has 0 spiro atoms. The third-order valence-corrected chi connectivity index (χ3v) is 7.53. The van der Waals surface area contributed by atoms with Crippen molar-refractivity contribution >= 4 is 37.3 Å². The van der Waals surface area contributed by atoms with E-state index in [1.807, 2.05) is 42.7 Å². The topological polar surface area (TPSA) is 77.7 Å². The number of ether oxygens (including phenoxy) is 1. The van der Waals surface area contributed by atoms with E-state index < -0.39 is 9.84 Å². The number of rotatable bonds is 9. The van der Waals surface area contributed by atoms with Gasteiger partial charge in [-0.2, -0.15) is 4.99 Å². The number of hydrogen-bond acceptors (Lipinski definition) is 5. The number of fused-ring (bicyclic) bond motifs is 1. The summed E-state index contributed by atoms with van der Waals surface area (Å²) in [6.07, 6.45) is 0.327. The lowest BCUT2D eigenvalue weighted by Crippen LogP contribution is -2.20. The van der Waals surface area contributed by atoms with Crippen LogP contribution in [-0.2, 0) is 25.9 Å². The highest BCUT2D eigenvalue weighted by Gasteiger charge is 2.15. The van der Waals surface area contributed by atoms with Gasteiger partial charge in [-0.1, -0.05) is 41.2 Å². The molecule has 3 aromatic rings. The van der Waals surface area contributed by atoms with E-state index in [0.717, 1.165) is 15.8 Å². The highest BCUT2D eigenvalue weighted by atomic mass is 32.2. The molecule has 160 valence electrons. The van der Waals surface area contributed by atoms with Gasteiger partial charge in [-0.05, 0) is 44.5 Å². The van der Waals surface area contributed by atoms with Crippen LogP contribution in [0.15, 0.2) is 58.4 Å². The molecule has 8 heteroatoms. The molecule has 3 rings (SSSR count). The van der Waals surface area contributed by atoms with Crippen LogP contribution in [0.5, 0.6) is 0 Å². The molecule has 0 aliphatic rings. The minimum Gasteiger partial charge on any atom is -0.380 e. The second kappa shape index (κ2) is 10.1. The molecule has 0 saturated heterocycles. The Balaban J connectivity index is 1.71. The summed E-state index contributed by atoms with van der Waals surface area (Å²) < 4.78 is 33.4. The van der Waals surface area contributed by atoms with Gasteiger partial charge in [-0.25, -0.2) is 8.42 Å². The van der Waals surface area contributed by atoms with Crippen LogP contribution in [0.2, 0.25) is 0 Å². The number of sulfone groups is 1. The van der Waals surface area contributed by atoms with Crippen molar-refractivity contribution in [3.8, 4) is 0 Å². The van der Waals surface area contributed by atoms with Crippen LogP contribution < -0.4 is 4.80 Å². The molecule has 0 bridgehead atoms. The van der Waals surface area contributed by atoms with Crippen molar-refractivity contribution in [1.82, 2.24) is 4.57 Å². The van der Waals surface area contributed by atoms with Crippen molar-refractivity contribution in [2.24, 2.45) is 4.99 Å². The molecule has 0 aliphatic heterocycles. The molecular weight excluding hydrogens is 420 g/mol. The van der Waals surface area contributed by atoms with Gasteiger partial charge in [-0.3, -0.25) is 4.79 Å². The lowest BCUT2D eigenvalue weighted by molar-refractivity contribution is -0.118. The average molecular weight is 447 g/mol. The lowest BCUT2D eigenvalue weighted by atomic mass is 10.2. The van der Waals surface area contributed by atoms with Crippen LogP contribution >= 0.6 is 11.3 Å². The summed E-state index contributed by atoms with van der Waals surface area (Å²) in [5, 5.41) is 0. The van der Waals surface area contributed by atoms with E-state index in [4.69, 9.17) is 4.74 Å². The Kier molecular flexibility index (Phi) is 7.58. The number of carbonyl (C=O) groups excluding carboxylic acids is 1. The van der Waals surface area contributed by atoms with Crippen LogP contribution in [0, 0.1) is 6.92 Å². The SMILES string of the molecule is CCOCCn1c(=NC(=O)CCCS(=O)(=O)c2ccc(C)cc2)sc2ccccc21. The number of carbonyl (C=O) groups is 1. The van der Waals surface area contributed by atoms with Gasteiger partial charge in [0.2, 0.25) is 5.91 Å². The molecule has 1 amide bonds. The van der Waals surface area contributed by atoms with Crippen LogP contribution in [0.3, 0.4) is 0 Å². The van der Waals surface area contributed by atoms with E-state index >= 15 is 0 Å². The Morgan fingerprint density at radius 3 is 2.60 bits per heavy atom. The zero-order chi connectivity index (χ0) is 21.6. The third-order valence-electron chi connectivity index (χ3n) is 4.66. The number of hydrogen-bond donors (Lipinski definition) is 0. The Morgan fingerprint density at radius 2 is 1.87 bits per heavy atom. The molecule has 2 aromatic carbocycles. The minimum atomic E-state index is -3.40. The first kappa shape index (κ1) is 22.4. The van der Waals surface area contributed by atoms with Crippen LogP contribution in [0.1, 0.15) is 25.3 Å². The Morgan fingerprint density at radius 1 is 1.13 bits per heavy atom. The van der Waals surface area contributed by atoms with Crippen molar-refractivity contribution in [3.05, 3.63) is 58.9 Å². The number of para-hydroxylation sites is 1. The second-order valence-corrected chi connectivity index (χ2v) is 10.1. The first-order valence-electron chi connectivity index (χ1n) is 9.94. The Hall–Kier alpha value is -2.29. The summed E-state index contributed by atoms with van der Waals surface area (Å²) >= 11 is 1.45. The van der Waals surface area contributed by atoms with E-state index in [0.29, 0.717) is 24.6 Å². The van der Waals surface area contributed by atoms with Gasteiger partial charge >= 0.3 is 0 Å². The fourth-order valence-electron chi connectivity index (χ4n) is 3.06. The molecular formula is C22H26N2O4S2. The minimum absolute atomic E-state index is 0.0753. The summed E-state index contributed by atoms with van der Waals surface area (Å²) in [4.78, 5) is 17.6. The molecule has 0 saturated carbocycles. The van der Waals surface area contributed by atoms with E-state index in [1.165, 1.54) is 11.3 Å². The number of nitrogens with zero attached hydrogens (tertiary/aromatic N) is 2. The van der Waals surface area contributed by atoms with E-state index in [2.05, 4.69) is 4.99 Å². The van der Waals surface area contributed by atoms with Crippen LogP contribution in [0.4, 0.5) is 0 Å². The molecule has 1 aromatic heterocycles. The maximum atomic E-state index is 12.4. The predicted molar refractivity (Wildman–Crippen MR) is 119 cm³/mol. The molecule has 1 heterocycles. The quantitative estimate of drug-likeness (QED) is 0.469. The Bertz CT molecular complexity index is 1180. The van der Waals surface area contributed by atoms with E-state index in [9.17, 15) is 13.2 Å². The Labute approximate surface area is 180 Å². The molecule has 0 aliphatic carbocycles. The van der Waals surface area contributed by atoms with Crippen molar-refractivity contribution in [2.75, 3.05) is 19.0 Å². The van der Waals surface area contributed by atoms with Gasteiger partial charge in [0.25, 0.3) is 0 Å². The van der Waals surface area contributed by atoms with Crippen LogP contribution in [-0.4, -0.2) is 37.9 Å². The highest BCUT2D eigenvalue weighted by molar-refractivity contribution is 7.91. The van der Waals surface area contributed by atoms with Gasteiger partial charge < -0.3 is 9.30 Å². The normalized spacial score (nSPS) is 12.5. The first-order valence-corrected chi connectivity index (χ1v) is 12.4. The first-order chi connectivity index (χ1) is 14.4. The molecule has 0 N–H and O–H groups in total. The van der Waals surface area contributed by atoms with E-state index in [-0.39, 0.29) is 29.4 Å². The predicted octanol–water partition coefficient (Wildman–Crippen LogP) is 3.73. The summed E-state index contributed by atoms with van der Waals surface area (Å²) in [7, 11) is -3.40. The fourth-order valence-corrected chi connectivity index (χ4v) is 5.45. The van der Waals surface area contributed by atoms with Crippen LogP contribution in [0.25, 0.3) is 10.2 Å². The van der Waals surface area contributed by atoms with E-state index in [1.54, 1.807) is 24.3 Å². The zero-order valence-corrected chi connectivity index (χ0v) is 18.8. The van der Waals surface area contributed by atoms with Crippen molar-refractivity contribution in [1.29, 1.82) is 0 Å². The number of thiazole rings is 1. The monoisotopic (exact) mass is 446 g/mol. The van der Waals surface area contributed by atoms with Gasteiger partial charge in [0.15, 0.2) is 14.6 Å². The fraction of sp³-hybridized carbons (Fsp3) is 0.364.